The SMILES string of the molecule is CC/C=C\C/C=C\C/C=C\C/C=C\C/C=C\C/C=C\CCCCCCCCCCCCCCCCCCCCCCC(=O)NC(COC1OC(CO)C(OC2OC(CO)C(O)C(O)C2O)C(O)C1O)C(O)/C=C/CC/C=C/CCCCCCC. The lowest BCUT2D eigenvalue weighted by Crippen LogP contribution is -2.65. The van der Waals surface area contributed by atoms with Gasteiger partial charge < -0.3 is 65.1 Å². The van der Waals surface area contributed by atoms with Gasteiger partial charge in [-0.25, -0.2) is 0 Å². The van der Waals surface area contributed by atoms with Crippen LogP contribution in [0, 0.1) is 0 Å². The molecule has 484 valence electrons. The Morgan fingerprint density at radius 1 is 0.440 bits per heavy atom. The van der Waals surface area contributed by atoms with Gasteiger partial charge in [-0.2, -0.15) is 0 Å². The second kappa shape index (κ2) is 54.1. The molecule has 0 aromatic rings. The minimum Gasteiger partial charge on any atom is -0.394 e. The van der Waals surface area contributed by atoms with E-state index >= 15 is 0 Å². The van der Waals surface area contributed by atoms with Crippen molar-refractivity contribution in [1.29, 1.82) is 0 Å². The van der Waals surface area contributed by atoms with Gasteiger partial charge in [0.05, 0.1) is 32.0 Å². The third kappa shape index (κ3) is 38.2. The van der Waals surface area contributed by atoms with Crippen LogP contribution in [-0.4, -0.2) is 140 Å². The predicted octanol–water partition coefficient (Wildman–Crippen LogP) is 13.0. The van der Waals surface area contributed by atoms with Crippen LogP contribution in [0.4, 0.5) is 0 Å². The maximum Gasteiger partial charge on any atom is 0.220 e. The second-order valence-electron chi connectivity index (χ2n) is 23.2. The quantitative estimate of drug-likeness (QED) is 0.0204. The standard InChI is InChI=1S/C70H121NO13/c1-3-5-7-9-11-13-15-16-17-18-19-20-21-22-23-24-25-26-27-28-29-30-31-32-33-34-35-36-37-38-39-40-41-42-44-46-48-50-52-54-62(75)71-58(59(74)53-51-49-47-45-43-14-12-10-8-6-4-2)57-81-69-67(80)65(78)68(61(56-73)83-69)84-70-66(79)64(77)63(76)60(55-72)82-70/h5,7,11,13,16-17,19-20,22-23,25-26,43,45,51,53,58-61,63-70,72-74,76-80H,3-4,6,8-10,12,14-15,18,21,24,27-42,44,46-50,52,54-57H2,1-2H3,(H,71,75)/b7-5-,13-11-,17-16-,20-19-,23-22-,26-25-,45-43+,53-51+. The van der Waals surface area contributed by atoms with E-state index in [9.17, 15) is 45.6 Å². The van der Waals surface area contributed by atoms with E-state index in [-0.39, 0.29) is 18.9 Å². The van der Waals surface area contributed by atoms with Gasteiger partial charge >= 0.3 is 0 Å². The summed E-state index contributed by atoms with van der Waals surface area (Å²) in [6.07, 6.45) is 59.2. The van der Waals surface area contributed by atoms with E-state index in [1.165, 1.54) is 141 Å². The highest BCUT2D eigenvalue weighted by Gasteiger charge is 2.51. The smallest absolute Gasteiger partial charge is 0.220 e. The first-order chi connectivity index (χ1) is 41.1. The van der Waals surface area contributed by atoms with Crippen LogP contribution in [0.1, 0.15) is 245 Å². The normalized spacial score (nSPS) is 24.3. The Labute approximate surface area is 509 Å². The van der Waals surface area contributed by atoms with Crippen molar-refractivity contribution in [3.8, 4) is 0 Å². The highest BCUT2D eigenvalue weighted by molar-refractivity contribution is 5.76. The lowest BCUT2D eigenvalue weighted by molar-refractivity contribution is -0.359. The Kier molecular flexibility index (Phi) is 49.6. The molecule has 2 aliphatic rings. The van der Waals surface area contributed by atoms with E-state index in [1.54, 1.807) is 6.08 Å². The van der Waals surface area contributed by atoms with E-state index in [4.69, 9.17) is 18.9 Å². The zero-order chi connectivity index (χ0) is 60.9. The maximum absolute atomic E-state index is 13.3. The molecule has 0 aliphatic carbocycles. The van der Waals surface area contributed by atoms with Crippen LogP contribution < -0.4 is 5.32 Å². The van der Waals surface area contributed by atoms with Crippen LogP contribution in [0.2, 0.25) is 0 Å². The van der Waals surface area contributed by atoms with Crippen molar-refractivity contribution in [3.63, 3.8) is 0 Å². The summed E-state index contributed by atoms with van der Waals surface area (Å²) in [4.78, 5) is 13.3. The number of rotatable bonds is 53. The molecule has 2 aliphatic heterocycles. The first-order valence-electron chi connectivity index (χ1n) is 33.5. The lowest BCUT2D eigenvalue weighted by Gasteiger charge is -2.46. The maximum atomic E-state index is 13.3. The van der Waals surface area contributed by atoms with Crippen LogP contribution in [-0.2, 0) is 23.7 Å². The summed E-state index contributed by atoms with van der Waals surface area (Å²) in [5.41, 5.74) is 0. The molecule has 14 heteroatoms. The summed E-state index contributed by atoms with van der Waals surface area (Å²) in [7, 11) is 0. The Bertz CT molecular complexity index is 1780. The molecular formula is C70H121NO13. The fourth-order valence-corrected chi connectivity index (χ4v) is 10.4. The summed E-state index contributed by atoms with van der Waals surface area (Å²) >= 11 is 0. The van der Waals surface area contributed by atoms with Gasteiger partial charge in [-0.3, -0.25) is 4.79 Å². The summed E-state index contributed by atoms with van der Waals surface area (Å²) in [6, 6.07) is -0.933. The van der Waals surface area contributed by atoms with Gasteiger partial charge in [-0.05, 0) is 83.5 Å². The van der Waals surface area contributed by atoms with Crippen molar-refractivity contribution >= 4 is 5.91 Å². The van der Waals surface area contributed by atoms with Gasteiger partial charge in [0.25, 0.3) is 0 Å². The van der Waals surface area contributed by atoms with Crippen molar-refractivity contribution in [2.45, 2.75) is 319 Å². The topological polar surface area (TPSA) is 228 Å². The first-order valence-corrected chi connectivity index (χ1v) is 33.5. The number of unbranched alkanes of at least 4 members (excludes halogenated alkanes) is 26. The number of hydrogen-bond acceptors (Lipinski definition) is 13. The number of amides is 1. The number of hydrogen-bond donors (Lipinski definition) is 9. The van der Waals surface area contributed by atoms with Gasteiger partial charge in [0.1, 0.15) is 48.8 Å². The molecule has 1 amide bonds. The number of ether oxygens (including phenoxy) is 4. The molecule has 12 unspecified atom stereocenters. The van der Waals surface area contributed by atoms with Crippen LogP contribution in [0.3, 0.4) is 0 Å². The minimum absolute atomic E-state index is 0.251. The predicted molar refractivity (Wildman–Crippen MR) is 341 cm³/mol. The number of carbonyl (C=O) groups excluding carboxylic acids is 1. The fraction of sp³-hybridized carbons (Fsp3) is 0.757. The molecular weight excluding hydrogens is 1060 g/mol. The van der Waals surface area contributed by atoms with E-state index in [0.29, 0.717) is 12.8 Å². The highest BCUT2D eigenvalue weighted by atomic mass is 16.7. The zero-order valence-corrected chi connectivity index (χ0v) is 52.4. The lowest BCUT2D eigenvalue weighted by atomic mass is 9.97. The highest BCUT2D eigenvalue weighted by Crippen LogP contribution is 2.30. The van der Waals surface area contributed by atoms with Crippen molar-refractivity contribution in [2.75, 3.05) is 19.8 Å². The van der Waals surface area contributed by atoms with E-state index in [0.717, 1.165) is 70.6 Å². The zero-order valence-electron chi connectivity index (χ0n) is 52.4. The fourth-order valence-electron chi connectivity index (χ4n) is 10.4. The summed E-state index contributed by atoms with van der Waals surface area (Å²) < 4.78 is 22.7. The van der Waals surface area contributed by atoms with Crippen LogP contribution in [0.5, 0.6) is 0 Å². The van der Waals surface area contributed by atoms with Gasteiger partial charge in [0.2, 0.25) is 5.91 Å². The van der Waals surface area contributed by atoms with E-state index in [2.05, 4.69) is 104 Å². The molecule has 14 nitrogen and oxygen atoms in total. The van der Waals surface area contributed by atoms with Gasteiger partial charge in [-0.15, -0.1) is 0 Å². The molecule has 0 radical (unpaired) electrons. The molecule has 0 bridgehead atoms. The van der Waals surface area contributed by atoms with Crippen LogP contribution >= 0.6 is 0 Å². The van der Waals surface area contributed by atoms with E-state index in [1.807, 2.05) is 6.08 Å². The molecule has 0 aromatic carbocycles. The van der Waals surface area contributed by atoms with Crippen molar-refractivity contribution in [2.24, 2.45) is 0 Å². The second-order valence-corrected chi connectivity index (χ2v) is 23.2. The third-order valence-electron chi connectivity index (χ3n) is 15.8. The molecule has 2 heterocycles. The van der Waals surface area contributed by atoms with Crippen LogP contribution in [0.15, 0.2) is 97.2 Å². The van der Waals surface area contributed by atoms with Crippen molar-refractivity contribution < 1.29 is 64.6 Å². The summed E-state index contributed by atoms with van der Waals surface area (Å²) in [6.45, 7) is 2.63. The molecule has 0 spiro atoms. The third-order valence-corrected chi connectivity index (χ3v) is 15.8. The van der Waals surface area contributed by atoms with Gasteiger partial charge in [0, 0.05) is 6.42 Å². The van der Waals surface area contributed by atoms with Gasteiger partial charge in [-0.1, -0.05) is 252 Å². The average Bonchev–Trinajstić information content (AvgIpc) is 3.59. The molecule has 2 rings (SSSR count). The Morgan fingerprint density at radius 3 is 1.31 bits per heavy atom. The van der Waals surface area contributed by atoms with Crippen molar-refractivity contribution in [3.05, 3.63) is 97.2 Å². The number of carbonyl (C=O) groups is 1. The molecule has 12 atom stereocenters. The number of aliphatic hydroxyl groups is 8. The Balaban J connectivity index is 1.56. The molecule has 9 N–H and O–H groups in total. The Morgan fingerprint density at radius 2 is 0.833 bits per heavy atom. The summed E-state index contributed by atoms with van der Waals surface area (Å²) in [5.74, 6) is -0.251. The summed E-state index contributed by atoms with van der Waals surface area (Å²) in [5, 5.41) is 87.0. The molecule has 2 saturated heterocycles. The average molecular weight is 1180 g/mol. The number of allylic oxidation sites excluding steroid dienone is 15. The Hall–Kier alpha value is -3.09. The largest absolute Gasteiger partial charge is 0.394 e. The van der Waals surface area contributed by atoms with E-state index < -0.39 is 86.8 Å². The van der Waals surface area contributed by atoms with Crippen LogP contribution in [0.25, 0.3) is 0 Å². The number of nitrogens with one attached hydrogen (secondary N) is 1. The van der Waals surface area contributed by atoms with Crippen molar-refractivity contribution in [1.82, 2.24) is 5.32 Å². The molecule has 0 saturated carbocycles. The molecule has 0 aromatic heterocycles. The monoisotopic (exact) mass is 1180 g/mol. The minimum atomic E-state index is -1.79. The first kappa shape index (κ1) is 77.0. The number of aliphatic hydroxyl groups excluding tert-OH is 8. The van der Waals surface area contributed by atoms with Gasteiger partial charge in [0.15, 0.2) is 12.6 Å². The molecule has 84 heavy (non-hydrogen) atoms. The molecule has 2 fully saturated rings.